The number of nitrogens with zero attached hydrogens (tertiary/aromatic N) is 3. The Bertz CT molecular complexity index is 1410. The van der Waals surface area contributed by atoms with Gasteiger partial charge in [0.05, 0.1) is 12.1 Å². The second-order valence-electron chi connectivity index (χ2n) is 7.61. The third kappa shape index (κ3) is 4.18. The predicted octanol–water partition coefficient (Wildman–Crippen LogP) is 4.16. The van der Waals surface area contributed by atoms with Crippen LogP contribution in [0.15, 0.2) is 83.0 Å². The number of aromatic hydroxyl groups is 1. The first-order valence-electron chi connectivity index (χ1n) is 10.6. The smallest absolute Gasteiger partial charge is 0.283 e. The van der Waals surface area contributed by atoms with Gasteiger partial charge < -0.3 is 24.5 Å². The van der Waals surface area contributed by atoms with E-state index in [-0.39, 0.29) is 30.8 Å². The monoisotopic (exact) mass is 456 g/mol. The molecular formula is C25H20N4O5. The molecular weight excluding hydrogens is 436 g/mol. The summed E-state index contributed by atoms with van der Waals surface area (Å²) in [4.78, 5) is 24.3. The molecule has 9 heteroatoms. The second-order valence-corrected chi connectivity index (χ2v) is 7.61. The van der Waals surface area contributed by atoms with Gasteiger partial charge in [0.2, 0.25) is 12.7 Å². The molecule has 0 aliphatic carbocycles. The molecule has 1 aliphatic rings. The predicted molar refractivity (Wildman–Crippen MR) is 124 cm³/mol. The fourth-order valence-electron chi connectivity index (χ4n) is 3.74. The minimum absolute atomic E-state index is 0.122. The van der Waals surface area contributed by atoms with E-state index in [1.54, 1.807) is 41.0 Å². The van der Waals surface area contributed by atoms with Crippen LogP contribution < -0.4 is 14.8 Å². The molecule has 5 rings (SSSR count). The lowest BCUT2D eigenvalue weighted by Crippen LogP contribution is -2.28. The zero-order valence-electron chi connectivity index (χ0n) is 18.0. The van der Waals surface area contributed by atoms with E-state index < -0.39 is 5.91 Å². The maximum absolute atomic E-state index is 12.2. The molecule has 3 aromatic carbocycles. The van der Waals surface area contributed by atoms with Gasteiger partial charge in [0, 0.05) is 10.9 Å². The van der Waals surface area contributed by atoms with Crippen LogP contribution in [0, 0.1) is 0 Å². The van der Waals surface area contributed by atoms with Crippen LogP contribution in [0.5, 0.6) is 17.4 Å². The number of hydrogen-bond acceptors (Lipinski definition) is 6. The van der Waals surface area contributed by atoms with E-state index in [2.05, 4.69) is 15.5 Å². The average molecular weight is 456 g/mol. The van der Waals surface area contributed by atoms with E-state index in [1.807, 2.05) is 36.4 Å². The Morgan fingerprint density at radius 1 is 0.971 bits per heavy atom. The summed E-state index contributed by atoms with van der Waals surface area (Å²) in [6.07, 6.45) is 0. The van der Waals surface area contributed by atoms with Crippen molar-refractivity contribution in [3.05, 3.63) is 83.9 Å². The maximum Gasteiger partial charge on any atom is 0.283 e. The van der Waals surface area contributed by atoms with E-state index in [9.17, 15) is 14.7 Å². The summed E-state index contributed by atoms with van der Waals surface area (Å²) in [6.45, 7) is 0.217. The van der Waals surface area contributed by atoms with Crippen molar-refractivity contribution in [3.63, 3.8) is 0 Å². The highest BCUT2D eigenvalue weighted by Gasteiger charge is 2.19. The van der Waals surface area contributed by atoms with Gasteiger partial charge in [0.1, 0.15) is 6.54 Å². The van der Waals surface area contributed by atoms with Gasteiger partial charge in [-0.05, 0) is 35.9 Å². The summed E-state index contributed by atoms with van der Waals surface area (Å²) < 4.78 is 12.5. The van der Waals surface area contributed by atoms with Crippen LogP contribution in [-0.2, 0) is 11.3 Å². The summed E-state index contributed by atoms with van der Waals surface area (Å²) in [5, 5.41) is 21.8. The van der Waals surface area contributed by atoms with Gasteiger partial charge >= 0.3 is 0 Å². The Morgan fingerprint density at radius 3 is 2.59 bits per heavy atom. The largest absolute Gasteiger partial charge is 0.493 e. The van der Waals surface area contributed by atoms with E-state index in [0.717, 1.165) is 11.1 Å². The van der Waals surface area contributed by atoms with Crippen molar-refractivity contribution in [1.82, 2.24) is 9.88 Å². The summed E-state index contributed by atoms with van der Waals surface area (Å²) >= 11 is 0. The van der Waals surface area contributed by atoms with E-state index in [0.29, 0.717) is 29.0 Å². The van der Waals surface area contributed by atoms with Gasteiger partial charge in [-0.3, -0.25) is 9.59 Å². The van der Waals surface area contributed by atoms with Crippen molar-refractivity contribution >= 4 is 28.4 Å². The Kier molecular flexibility index (Phi) is 5.65. The number of ether oxygens (including phenoxy) is 2. The van der Waals surface area contributed by atoms with Gasteiger partial charge in [-0.15, -0.1) is 10.2 Å². The minimum atomic E-state index is -0.642. The highest BCUT2D eigenvalue weighted by atomic mass is 16.7. The number of para-hydroxylation sites is 1. The number of carbonyl (C=O) groups is 2. The number of nitrogens with one attached hydrogen (secondary N) is 1. The van der Waals surface area contributed by atoms with Crippen molar-refractivity contribution in [2.75, 3.05) is 13.3 Å². The van der Waals surface area contributed by atoms with Gasteiger partial charge in [-0.1, -0.05) is 42.5 Å². The van der Waals surface area contributed by atoms with Crippen LogP contribution in [0.4, 0.5) is 5.69 Å². The highest BCUT2D eigenvalue weighted by Crippen LogP contribution is 2.40. The molecule has 0 atom stereocenters. The summed E-state index contributed by atoms with van der Waals surface area (Å²) in [5.41, 5.74) is 2.25. The summed E-state index contributed by atoms with van der Waals surface area (Å²) in [5.74, 6) is 0.182. The molecule has 0 bridgehead atoms. The molecule has 2 amide bonds. The third-order valence-electron chi connectivity index (χ3n) is 5.39. The lowest BCUT2D eigenvalue weighted by Gasteiger charge is -2.08. The molecule has 0 spiro atoms. The Labute approximate surface area is 194 Å². The number of aromatic nitrogens is 1. The fraction of sp³-hybridized carbons (Fsp3) is 0.120. The zero-order valence-corrected chi connectivity index (χ0v) is 18.0. The molecule has 0 saturated heterocycles. The lowest BCUT2D eigenvalue weighted by molar-refractivity contribution is -0.117. The Balaban J connectivity index is 1.35. The number of fused-ring (bicyclic) bond motifs is 2. The topological polar surface area (TPSA) is 115 Å². The molecule has 170 valence electrons. The molecule has 34 heavy (non-hydrogen) atoms. The first-order valence-corrected chi connectivity index (χ1v) is 10.6. The lowest BCUT2D eigenvalue weighted by atomic mass is 10.2. The fourth-order valence-corrected chi connectivity index (χ4v) is 3.74. The molecule has 4 aromatic rings. The van der Waals surface area contributed by atoms with Crippen molar-refractivity contribution in [2.24, 2.45) is 10.2 Å². The van der Waals surface area contributed by atoms with Gasteiger partial charge in [0.25, 0.3) is 11.8 Å². The number of amides is 2. The molecule has 1 aliphatic heterocycles. The van der Waals surface area contributed by atoms with Crippen LogP contribution in [-0.4, -0.2) is 34.8 Å². The molecule has 0 saturated carbocycles. The standard InChI is InChI=1S/C25H20N4O5/c30-22(13-26-24(31)17-6-2-1-3-7-17)27-28-23-18-8-4-5-9-19(18)29(25(23)32)14-16-10-11-20-21(12-16)34-15-33-20/h1-12,32H,13-15H2,(H,26,31). The van der Waals surface area contributed by atoms with Crippen molar-refractivity contribution in [3.8, 4) is 17.4 Å². The van der Waals surface area contributed by atoms with E-state index in [4.69, 9.17) is 9.47 Å². The minimum Gasteiger partial charge on any atom is -0.493 e. The van der Waals surface area contributed by atoms with E-state index >= 15 is 0 Å². The van der Waals surface area contributed by atoms with Gasteiger partial charge in [-0.2, -0.15) is 0 Å². The number of carbonyl (C=O) groups excluding carboxylic acids is 2. The third-order valence-corrected chi connectivity index (χ3v) is 5.39. The van der Waals surface area contributed by atoms with Crippen LogP contribution in [0.2, 0.25) is 0 Å². The normalized spacial score (nSPS) is 12.4. The number of benzene rings is 3. The van der Waals surface area contributed by atoms with Crippen LogP contribution >= 0.6 is 0 Å². The molecule has 9 nitrogen and oxygen atoms in total. The van der Waals surface area contributed by atoms with Crippen molar-refractivity contribution in [2.45, 2.75) is 6.54 Å². The molecule has 2 heterocycles. The van der Waals surface area contributed by atoms with Crippen LogP contribution in [0.1, 0.15) is 15.9 Å². The number of hydrogen-bond donors (Lipinski definition) is 2. The van der Waals surface area contributed by atoms with Crippen LogP contribution in [0.25, 0.3) is 10.9 Å². The number of azo groups is 1. The molecule has 1 aromatic heterocycles. The molecule has 0 fully saturated rings. The Hall–Kier alpha value is -4.66. The molecule has 0 unspecified atom stereocenters. The summed E-state index contributed by atoms with van der Waals surface area (Å²) in [6, 6.07) is 21.4. The molecule has 2 N–H and O–H groups in total. The van der Waals surface area contributed by atoms with Gasteiger partial charge in [-0.25, -0.2) is 0 Å². The van der Waals surface area contributed by atoms with Crippen molar-refractivity contribution in [1.29, 1.82) is 0 Å². The first-order chi connectivity index (χ1) is 16.6. The first kappa shape index (κ1) is 21.2. The van der Waals surface area contributed by atoms with E-state index in [1.165, 1.54) is 0 Å². The maximum atomic E-state index is 12.2. The highest BCUT2D eigenvalue weighted by molar-refractivity contribution is 5.97. The van der Waals surface area contributed by atoms with Crippen molar-refractivity contribution < 1.29 is 24.2 Å². The summed E-state index contributed by atoms with van der Waals surface area (Å²) in [7, 11) is 0. The number of rotatable bonds is 6. The Morgan fingerprint density at radius 2 is 1.74 bits per heavy atom. The quantitative estimate of drug-likeness (QED) is 0.423. The SMILES string of the molecule is O=C(CNC(=O)c1ccccc1)N=Nc1c(O)n(Cc2ccc3c(c2)OCO3)c2ccccc12. The second kappa shape index (κ2) is 9.07. The zero-order chi connectivity index (χ0) is 23.5. The van der Waals surface area contributed by atoms with Crippen LogP contribution in [0.3, 0.4) is 0 Å². The average Bonchev–Trinajstić information content (AvgIpc) is 3.44. The molecule has 0 radical (unpaired) electrons. The van der Waals surface area contributed by atoms with Gasteiger partial charge in [0.15, 0.2) is 17.2 Å².